The summed E-state index contributed by atoms with van der Waals surface area (Å²) in [4.78, 5) is 2.42. The van der Waals surface area contributed by atoms with Crippen LogP contribution in [0.25, 0.3) is 21.9 Å². The van der Waals surface area contributed by atoms with E-state index < -0.39 is 0 Å². The molecule has 0 aliphatic carbocycles. The topological polar surface area (TPSA) is 73.2 Å². The second kappa shape index (κ2) is 9.25. The average Bonchev–Trinajstić information content (AvgIpc) is 2.86. The summed E-state index contributed by atoms with van der Waals surface area (Å²) in [5.74, 6) is 0.808. The highest BCUT2D eigenvalue weighted by atomic mass is 16.5. The third-order valence-corrected chi connectivity index (χ3v) is 7.36. The van der Waals surface area contributed by atoms with Gasteiger partial charge in [-0.15, -0.1) is 0 Å². The molecule has 0 aromatic heterocycles. The van der Waals surface area contributed by atoms with E-state index in [1.807, 2.05) is 18.2 Å². The maximum absolute atomic E-state index is 11.7. The number of hydrogen-bond acceptors (Lipinski definition) is 5. The fraction of sp³-hybridized carbons (Fsp3) is 0.267. The van der Waals surface area contributed by atoms with Crippen molar-refractivity contribution in [1.29, 1.82) is 0 Å². The van der Waals surface area contributed by atoms with Crippen molar-refractivity contribution in [1.82, 2.24) is 4.90 Å². The van der Waals surface area contributed by atoms with Crippen molar-refractivity contribution < 1.29 is 20.1 Å². The van der Waals surface area contributed by atoms with Gasteiger partial charge in [-0.1, -0.05) is 54.6 Å². The van der Waals surface area contributed by atoms with Gasteiger partial charge in [-0.25, -0.2) is 0 Å². The van der Waals surface area contributed by atoms with Crippen molar-refractivity contribution in [2.24, 2.45) is 0 Å². The van der Waals surface area contributed by atoms with Gasteiger partial charge in [0, 0.05) is 29.8 Å². The Morgan fingerprint density at radius 2 is 1.74 bits per heavy atom. The van der Waals surface area contributed by atoms with Crippen LogP contribution in [0.3, 0.4) is 0 Å². The molecule has 4 aromatic rings. The monoisotopic (exact) mass is 469 g/mol. The molecule has 3 N–H and O–H groups in total. The van der Waals surface area contributed by atoms with Gasteiger partial charge in [-0.3, -0.25) is 4.90 Å². The maximum atomic E-state index is 11.7. The average molecular weight is 470 g/mol. The molecule has 5 heteroatoms. The minimum atomic E-state index is -0.222. The number of fused-ring (bicyclic) bond motifs is 2. The Balaban J connectivity index is 1.68. The molecule has 5 rings (SSSR count). The predicted octanol–water partition coefficient (Wildman–Crippen LogP) is 5.93. The first-order valence-corrected chi connectivity index (χ1v) is 12.0. The molecule has 35 heavy (non-hydrogen) atoms. The minimum Gasteiger partial charge on any atom is -0.507 e. The largest absolute Gasteiger partial charge is 0.507 e. The zero-order valence-electron chi connectivity index (χ0n) is 20.3. The van der Waals surface area contributed by atoms with Gasteiger partial charge >= 0.3 is 0 Å². The Hall–Kier alpha value is -3.54. The first kappa shape index (κ1) is 23.2. The molecule has 1 aliphatic rings. The fourth-order valence-corrected chi connectivity index (χ4v) is 5.65. The first-order chi connectivity index (χ1) is 16.9. The Morgan fingerprint density at radius 1 is 0.971 bits per heavy atom. The predicted molar refractivity (Wildman–Crippen MR) is 139 cm³/mol. The summed E-state index contributed by atoms with van der Waals surface area (Å²) in [7, 11) is 1.54. The molecule has 4 aromatic carbocycles. The Morgan fingerprint density at radius 3 is 2.46 bits per heavy atom. The van der Waals surface area contributed by atoms with Crippen molar-refractivity contribution >= 4 is 10.8 Å². The fourth-order valence-electron chi connectivity index (χ4n) is 5.65. The van der Waals surface area contributed by atoms with E-state index in [4.69, 9.17) is 4.74 Å². The maximum Gasteiger partial charge on any atom is 0.130 e. The van der Waals surface area contributed by atoms with Gasteiger partial charge in [0.1, 0.15) is 17.2 Å². The highest BCUT2D eigenvalue weighted by Gasteiger charge is 2.33. The number of ether oxygens (including phenoxy) is 1. The quantitative estimate of drug-likeness (QED) is 0.338. The van der Waals surface area contributed by atoms with Gasteiger partial charge in [0.05, 0.1) is 19.1 Å². The van der Waals surface area contributed by atoms with E-state index in [-0.39, 0.29) is 24.1 Å². The third kappa shape index (κ3) is 3.91. The van der Waals surface area contributed by atoms with E-state index in [0.29, 0.717) is 33.9 Å². The molecule has 1 heterocycles. The Kier molecular flexibility index (Phi) is 6.13. The second-order valence-corrected chi connectivity index (χ2v) is 9.39. The number of aliphatic hydroxyl groups is 1. The Bertz CT molecular complexity index is 1380. The number of benzene rings is 4. The molecule has 0 unspecified atom stereocenters. The molecule has 0 bridgehead atoms. The van der Waals surface area contributed by atoms with Crippen molar-refractivity contribution in [2.45, 2.75) is 45.5 Å². The van der Waals surface area contributed by atoms with Crippen LogP contribution in [0.1, 0.15) is 42.1 Å². The summed E-state index contributed by atoms with van der Waals surface area (Å²) in [6.45, 7) is 4.96. The van der Waals surface area contributed by atoms with Crippen LogP contribution >= 0.6 is 0 Å². The zero-order chi connectivity index (χ0) is 24.7. The summed E-state index contributed by atoms with van der Waals surface area (Å²) in [5.41, 5.74) is 5.29. The van der Waals surface area contributed by atoms with E-state index in [0.717, 1.165) is 29.5 Å². The molecule has 0 fully saturated rings. The normalized spacial score (nSPS) is 17.9. The van der Waals surface area contributed by atoms with Crippen LogP contribution in [0.15, 0.2) is 66.7 Å². The lowest BCUT2D eigenvalue weighted by atomic mass is 9.84. The molecule has 0 radical (unpaired) electrons. The number of phenolic OH excluding ortho intramolecular Hbond substituents is 2. The number of methoxy groups -OCH3 is 1. The van der Waals surface area contributed by atoms with Gasteiger partial charge in [-0.05, 0) is 60.0 Å². The van der Waals surface area contributed by atoms with Crippen LogP contribution in [0.4, 0.5) is 0 Å². The van der Waals surface area contributed by atoms with Crippen molar-refractivity contribution in [3.05, 3.63) is 89.0 Å². The number of aromatic hydroxyl groups is 2. The van der Waals surface area contributed by atoms with Gasteiger partial charge in [0.15, 0.2) is 0 Å². The number of aliphatic hydroxyl groups excluding tert-OH is 1. The lowest BCUT2D eigenvalue weighted by Gasteiger charge is -2.41. The summed E-state index contributed by atoms with van der Waals surface area (Å²) in [6.07, 6.45) is 0.845. The van der Waals surface area contributed by atoms with E-state index in [2.05, 4.69) is 49.1 Å². The van der Waals surface area contributed by atoms with E-state index in [1.165, 1.54) is 5.56 Å². The number of hydrogen-bond donors (Lipinski definition) is 3. The van der Waals surface area contributed by atoms with Crippen LogP contribution in [-0.4, -0.2) is 33.4 Å². The molecule has 5 nitrogen and oxygen atoms in total. The molecule has 0 amide bonds. The van der Waals surface area contributed by atoms with Gasteiger partial charge in [0.2, 0.25) is 0 Å². The SMILES string of the molecule is COc1cc(CO)c(-c2ccc3c(c2O)[C@@H](C)N(Cc2ccccc2)[C@H](C)C3)c2cccc(O)c12. The Labute approximate surface area is 205 Å². The van der Waals surface area contributed by atoms with Gasteiger partial charge < -0.3 is 20.1 Å². The van der Waals surface area contributed by atoms with E-state index in [1.54, 1.807) is 25.3 Å². The van der Waals surface area contributed by atoms with Crippen molar-refractivity contribution in [3.8, 4) is 28.4 Å². The van der Waals surface area contributed by atoms with Crippen LogP contribution in [0, 0.1) is 0 Å². The highest BCUT2D eigenvalue weighted by molar-refractivity contribution is 6.05. The summed E-state index contributed by atoms with van der Waals surface area (Å²) in [6, 6.07) is 21.8. The standard InChI is InChI=1S/C30H31NO4/c1-18-14-21-12-13-24(30(34)27(21)19(2)31(18)16-20-8-5-4-6-9-20)28-22(17-32)15-26(35-3)29-23(28)10-7-11-25(29)33/h4-13,15,18-19,32-34H,14,16-17H2,1-3H3/t18-,19-/m1/s1. The summed E-state index contributed by atoms with van der Waals surface area (Å²) in [5, 5.41) is 33.8. The van der Waals surface area contributed by atoms with Crippen LogP contribution < -0.4 is 4.74 Å². The third-order valence-electron chi connectivity index (χ3n) is 7.36. The molecule has 2 atom stereocenters. The molecule has 180 valence electrons. The van der Waals surface area contributed by atoms with Crippen molar-refractivity contribution in [2.75, 3.05) is 7.11 Å². The van der Waals surface area contributed by atoms with E-state index in [9.17, 15) is 15.3 Å². The second-order valence-electron chi connectivity index (χ2n) is 9.39. The molecule has 1 aliphatic heterocycles. The summed E-state index contributed by atoms with van der Waals surface area (Å²) < 4.78 is 5.52. The molecule has 0 saturated heterocycles. The van der Waals surface area contributed by atoms with Crippen molar-refractivity contribution in [3.63, 3.8) is 0 Å². The zero-order valence-corrected chi connectivity index (χ0v) is 20.3. The van der Waals surface area contributed by atoms with Crippen LogP contribution in [-0.2, 0) is 19.6 Å². The first-order valence-electron chi connectivity index (χ1n) is 12.0. The highest BCUT2D eigenvalue weighted by Crippen LogP contribution is 2.48. The molecule has 0 spiro atoms. The van der Waals surface area contributed by atoms with Crippen LogP contribution in [0.2, 0.25) is 0 Å². The molecule has 0 saturated carbocycles. The molecular weight excluding hydrogens is 438 g/mol. The molecular formula is C30H31NO4. The van der Waals surface area contributed by atoms with Crippen LogP contribution in [0.5, 0.6) is 17.2 Å². The lowest BCUT2D eigenvalue weighted by molar-refractivity contribution is 0.127. The minimum absolute atomic E-state index is 0.00407. The summed E-state index contributed by atoms with van der Waals surface area (Å²) >= 11 is 0. The smallest absolute Gasteiger partial charge is 0.130 e. The lowest BCUT2D eigenvalue weighted by Crippen LogP contribution is -2.40. The number of phenols is 2. The van der Waals surface area contributed by atoms with Gasteiger partial charge in [-0.2, -0.15) is 0 Å². The van der Waals surface area contributed by atoms with E-state index >= 15 is 0 Å². The van der Waals surface area contributed by atoms with Gasteiger partial charge in [0.25, 0.3) is 0 Å². The number of rotatable bonds is 5. The number of nitrogens with zero attached hydrogens (tertiary/aromatic N) is 1.